The van der Waals surface area contributed by atoms with Crippen LogP contribution in [-0.4, -0.2) is 35.4 Å². The van der Waals surface area contributed by atoms with Crippen molar-refractivity contribution in [3.63, 3.8) is 0 Å². The Morgan fingerprint density at radius 2 is 2.53 bits per heavy atom. The van der Waals surface area contributed by atoms with Gasteiger partial charge in [-0.05, 0) is 6.92 Å². The van der Waals surface area contributed by atoms with E-state index in [0.29, 0.717) is 18.8 Å². The summed E-state index contributed by atoms with van der Waals surface area (Å²) in [5.74, 6) is -0.221. The summed E-state index contributed by atoms with van der Waals surface area (Å²) in [6.45, 7) is 2.87. The Bertz CT molecular complexity index is 322. The van der Waals surface area contributed by atoms with Crippen LogP contribution in [0.25, 0.3) is 0 Å². The zero-order valence-electron chi connectivity index (χ0n) is 8.93. The van der Waals surface area contributed by atoms with E-state index in [9.17, 15) is 4.79 Å². The van der Waals surface area contributed by atoms with E-state index in [-0.39, 0.29) is 5.91 Å². The van der Waals surface area contributed by atoms with E-state index in [0.717, 1.165) is 0 Å². The van der Waals surface area contributed by atoms with E-state index in [2.05, 4.69) is 10.4 Å². The fraction of sp³-hybridized carbons (Fsp3) is 0.556. The van der Waals surface area contributed by atoms with E-state index < -0.39 is 6.04 Å². The number of amides is 1. The highest BCUT2D eigenvalue weighted by Gasteiger charge is 2.08. The number of rotatable bonds is 5. The van der Waals surface area contributed by atoms with E-state index in [1.54, 1.807) is 31.1 Å². The van der Waals surface area contributed by atoms with Crippen LogP contribution in [0, 0.1) is 0 Å². The standard InChI is InChI=1S/C9H16N4O2/c1-7(10)9(14)12-8-5-11-13(6-8)3-4-15-2/h5-7H,3-4,10H2,1-2H3,(H,12,14). The highest BCUT2D eigenvalue weighted by molar-refractivity contribution is 5.94. The van der Waals surface area contributed by atoms with Crippen molar-refractivity contribution in [3.05, 3.63) is 12.4 Å². The molecule has 6 nitrogen and oxygen atoms in total. The van der Waals surface area contributed by atoms with Crippen molar-refractivity contribution in [2.24, 2.45) is 5.73 Å². The summed E-state index contributed by atoms with van der Waals surface area (Å²) in [5.41, 5.74) is 6.06. The maximum Gasteiger partial charge on any atom is 0.241 e. The summed E-state index contributed by atoms with van der Waals surface area (Å²) in [4.78, 5) is 11.2. The zero-order chi connectivity index (χ0) is 11.3. The molecule has 1 unspecified atom stereocenters. The second kappa shape index (κ2) is 5.47. The summed E-state index contributed by atoms with van der Waals surface area (Å²) in [5, 5.41) is 6.70. The number of ether oxygens (including phenoxy) is 1. The Balaban J connectivity index is 2.49. The molecule has 0 aliphatic rings. The molecule has 1 amide bonds. The summed E-state index contributed by atoms with van der Waals surface area (Å²) < 4.78 is 6.60. The Labute approximate surface area is 88.4 Å². The van der Waals surface area contributed by atoms with Gasteiger partial charge in [0.25, 0.3) is 0 Å². The molecule has 0 radical (unpaired) electrons. The first-order valence-electron chi connectivity index (χ1n) is 4.71. The number of carbonyl (C=O) groups excluding carboxylic acids is 1. The van der Waals surface area contributed by atoms with Crippen LogP contribution >= 0.6 is 0 Å². The Morgan fingerprint density at radius 3 is 3.13 bits per heavy atom. The lowest BCUT2D eigenvalue weighted by Crippen LogP contribution is -2.32. The molecule has 1 aromatic heterocycles. The molecule has 84 valence electrons. The second-order valence-corrected chi connectivity index (χ2v) is 3.26. The van der Waals surface area contributed by atoms with Gasteiger partial charge in [-0.3, -0.25) is 9.48 Å². The molecule has 3 N–H and O–H groups in total. The molecule has 1 heterocycles. The smallest absolute Gasteiger partial charge is 0.241 e. The number of nitrogens with zero attached hydrogens (tertiary/aromatic N) is 2. The SMILES string of the molecule is COCCn1cc(NC(=O)C(C)N)cn1. The minimum absolute atomic E-state index is 0.221. The van der Waals surface area contributed by atoms with E-state index >= 15 is 0 Å². The molecule has 1 atom stereocenters. The predicted octanol–water partition coefficient (Wildman–Crippen LogP) is -0.185. The fourth-order valence-electron chi connectivity index (χ4n) is 0.991. The van der Waals surface area contributed by atoms with Crippen LogP contribution < -0.4 is 11.1 Å². The predicted molar refractivity (Wildman–Crippen MR) is 56.4 cm³/mol. The number of anilines is 1. The Morgan fingerprint density at radius 1 is 1.80 bits per heavy atom. The molecule has 0 saturated carbocycles. The Kier molecular flexibility index (Phi) is 4.26. The number of methoxy groups -OCH3 is 1. The van der Waals surface area contributed by atoms with Crippen LogP contribution in [0.4, 0.5) is 5.69 Å². The van der Waals surface area contributed by atoms with Gasteiger partial charge < -0.3 is 15.8 Å². The Hall–Kier alpha value is -1.40. The summed E-state index contributed by atoms with van der Waals surface area (Å²) >= 11 is 0. The van der Waals surface area contributed by atoms with Gasteiger partial charge in [0.05, 0.1) is 31.1 Å². The monoisotopic (exact) mass is 212 g/mol. The van der Waals surface area contributed by atoms with Crippen molar-refractivity contribution >= 4 is 11.6 Å². The van der Waals surface area contributed by atoms with E-state index in [4.69, 9.17) is 10.5 Å². The van der Waals surface area contributed by atoms with Gasteiger partial charge in [0, 0.05) is 13.3 Å². The summed E-state index contributed by atoms with van der Waals surface area (Å²) in [6.07, 6.45) is 3.31. The van der Waals surface area contributed by atoms with E-state index in [1.165, 1.54) is 0 Å². The van der Waals surface area contributed by atoms with Gasteiger partial charge in [0.1, 0.15) is 0 Å². The van der Waals surface area contributed by atoms with Crippen molar-refractivity contribution < 1.29 is 9.53 Å². The lowest BCUT2D eigenvalue weighted by atomic mass is 10.3. The van der Waals surface area contributed by atoms with Crippen molar-refractivity contribution in [1.29, 1.82) is 0 Å². The van der Waals surface area contributed by atoms with Crippen LogP contribution in [-0.2, 0) is 16.1 Å². The molecule has 0 aromatic carbocycles. The normalized spacial score (nSPS) is 12.5. The van der Waals surface area contributed by atoms with Crippen molar-refractivity contribution in [2.45, 2.75) is 19.5 Å². The third-order valence-corrected chi connectivity index (χ3v) is 1.84. The maximum absolute atomic E-state index is 11.2. The lowest BCUT2D eigenvalue weighted by Gasteiger charge is -2.04. The molecule has 0 saturated heterocycles. The number of hydrogen-bond donors (Lipinski definition) is 2. The third-order valence-electron chi connectivity index (χ3n) is 1.84. The second-order valence-electron chi connectivity index (χ2n) is 3.26. The van der Waals surface area contributed by atoms with Gasteiger partial charge in [-0.25, -0.2) is 0 Å². The fourth-order valence-corrected chi connectivity index (χ4v) is 0.991. The highest BCUT2D eigenvalue weighted by atomic mass is 16.5. The molecule has 0 spiro atoms. The summed E-state index contributed by atoms with van der Waals surface area (Å²) in [6, 6.07) is -0.521. The molecule has 0 fully saturated rings. The molecule has 0 bridgehead atoms. The number of nitrogens with one attached hydrogen (secondary N) is 1. The van der Waals surface area contributed by atoms with Gasteiger partial charge in [0.2, 0.25) is 5.91 Å². The topological polar surface area (TPSA) is 82.2 Å². The molecule has 15 heavy (non-hydrogen) atoms. The van der Waals surface area contributed by atoms with Gasteiger partial charge in [0.15, 0.2) is 0 Å². The van der Waals surface area contributed by atoms with Gasteiger partial charge in [-0.2, -0.15) is 5.10 Å². The van der Waals surface area contributed by atoms with Crippen LogP contribution in [0.3, 0.4) is 0 Å². The first-order valence-corrected chi connectivity index (χ1v) is 4.71. The maximum atomic E-state index is 11.2. The molecule has 6 heteroatoms. The molecule has 1 aromatic rings. The number of hydrogen-bond acceptors (Lipinski definition) is 4. The van der Waals surface area contributed by atoms with Crippen LogP contribution in [0.15, 0.2) is 12.4 Å². The highest BCUT2D eigenvalue weighted by Crippen LogP contribution is 2.04. The molecular formula is C9H16N4O2. The number of nitrogens with two attached hydrogens (primary N) is 1. The average Bonchev–Trinajstić information content (AvgIpc) is 2.62. The molecular weight excluding hydrogens is 196 g/mol. The van der Waals surface area contributed by atoms with Crippen LogP contribution in [0.2, 0.25) is 0 Å². The average molecular weight is 212 g/mol. The van der Waals surface area contributed by atoms with Crippen LogP contribution in [0.1, 0.15) is 6.92 Å². The number of carbonyl (C=O) groups is 1. The molecule has 0 aliphatic carbocycles. The van der Waals surface area contributed by atoms with Gasteiger partial charge in [-0.15, -0.1) is 0 Å². The van der Waals surface area contributed by atoms with Gasteiger partial charge >= 0.3 is 0 Å². The third kappa shape index (κ3) is 3.69. The van der Waals surface area contributed by atoms with E-state index in [1.807, 2.05) is 0 Å². The van der Waals surface area contributed by atoms with Crippen molar-refractivity contribution in [1.82, 2.24) is 9.78 Å². The first kappa shape index (κ1) is 11.7. The van der Waals surface area contributed by atoms with Crippen molar-refractivity contribution in [3.8, 4) is 0 Å². The lowest BCUT2D eigenvalue weighted by molar-refractivity contribution is -0.117. The largest absolute Gasteiger partial charge is 0.383 e. The van der Waals surface area contributed by atoms with Crippen molar-refractivity contribution in [2.75, 3.05) is 19.0 Å². The zero-order valence-corrected chi connectivity index (χ0v) is 8.93. The number of aromatic nitrogens is 2. The minimum Gasteiger partial charge on any atom is -0.383 e. The van der Waals surface area contributed by atoms with Gasteiger partial charge in [-0.1, -0.05) is 0 Å². The summed E-state index contributed by atoms with van der Waals surface area (Å²) in [7, 11) is 1.63. The first-order chi connectivity index (χ1) is 7.13. The molecule has 0 aliphatic heterocycles. The quantitative estimate of drug-likeness (QED) is 0.709. The molecule has 1 rings (SSSR count). The van der Waals surface area contributed by atoms with Crippen LogP contribution in [0.5, 0.6) is 0 Å². The minimum atomic E-state index is -0.521.